The molecular weight excluding hydrogens is 419 g/mol. The summed E-state index contributed by atoms with van der Waals surface area (Å²) in [5, 5.41) is 20.9. The van der Waals surface area contributed by atoms with E-state index in [0.29, 0.717) is 25.2 Å². The van der Waals surface area contributed by atoms with Crippen molar-refractivity contribution in [3.05, 3.63) is 51.2 Å². The molecule has 168 valence electrons. The van der Waals surface area contributed by atoms with Gasteiger partial charge in [0.05, 0.1) is 6.54 Å². The van der Waals surface area contributed by atoms with Crippen molar-refractivity contribution in [3.63, 3.8) is 0 Å². The van der Waals surface area contributed by atoms with Crippen LogP contribution in [0.5, 0.6) is 0 Å². The minimum Gasteiger partial charge on any atom is -0.480 e. The van der Waals surface area contributed by atoms with Gasteiger partial charge in [0, 0.05) is 6.42 Å². The molecule has 2 N–H and O–H groups in total. The third-order valence-corrected chi connectivity index (χ3v) is 5.40. The van der Waals surface area contributed by atoms with Gasteiger partial charge >= 0.3 is 23.8 Å². The second-order valence-corrected chi connectivity index (χ2v) is 7.59. The van der Waals surface area contributed by atoms with Gasteiger partial charge < -0.3 is 10.2 Å². The van der Waals surface area contributed by atoms with E-state index in [1.54, 1.807) is 0 Å². The number of fused-ring (bicyclic) bond motifs is 2. The number of alkyl halides is 3. The van der Waals surface area contributed by atoms with Gasteiger partial charge in [-0.05, 0) is 55.2 Å². The lowest BCUT2D eigenvalue weighted by molar-refractivity contribution is -0.192. The summed E-state index contributed by atoms with van der Waals surface area (Å²) < 4.78 is 34.5. The maximum Gasteiger partial charge on any atom is 0.490 e. The van der Waals surface area contributed by atoms with E-state index in [9.17, 15) is 27.9 Å². The molecule has 0 radical (unpaired) electrons. The van der Waals surface area contributed by atoms with Crippen LogP contribution in [-0.4, -0.2) is 42.7 Å². The molecule has 2 heterocycles. The molecule has 0 saturated carbocycles. The Morgan fingerprint density at radius 1 is 1.06 bits per heavy atom. The third kappa shape index (κ3) is 5.15. The number of aliphatic carboxylic acids is 2. The van der Waals surface area contributed by atoms with Crippen molar-refractivity contribution in [3.8, 4) is 0 Å². The van der Waals surface area contributed by atoms with Crippen LogP contribution in [0, 0.1) is 0 Å². The zero-order valence-electron chi connectivity index (χ0n) is 16.6. The molecule has 0 saturated heterocycles. The molecule has 11 heteroatoms. The minimum absolute atomic E-state index is 0.310. The molecule has 31 heavy (non-hydrogen) atoms. The summed E-state index contributed by atoms with van der Waals surface area (Å²) >= 11 is 0. The van der Waals surface area contributed by atoms with E-state index in [2.05, 4.69) is 23.3 Å². The Hall–Kier alpha value is -3.11. The van der Waals surface area contributed by atoms with Crippen molar-refractivity contribution >= 4 is 11.9 Å². The predicted octanol–water partition coefficient (Wildman–Crippen LogP) is 2.57. The molecule has 0 spiro atoms. The van der Waals surface area contributed by atoms with Gasteiger partial charge in [-0.25, -0.2) is 19.1 Å². The fraction of sp³-hybridized carbons (Fsp3) is 0.500. The number of rotatable bonds is 3. The number of nitrogens with zero attached hydrogens (tertiary/aromatic N) is 3. The van der Waals surface area contributed by atoms with Crippen LogP contribution >= 0.6 is 0 Å². The third-order valence-electron chi connectivity index (χ3n) is 5.40. The first-order chi connectivity index (χ1) is 14.6. The fourth-order valence-electron chi connectivity index (χ4n) is 3.93. The molecule has 0 fully saturated rings. The van der Waals surface area contributed by atoms with Crippen LogP contribution in [0.25, 0.3) is 0 Å². The highest BCUT2D eigenvalue weighted by molar-refractivity contribution is 5.73. The Morgan fingerprint density at radius 2 is 1.71 bits per heavy atom. The summed E-state index contributed by atoms with van der Waals surface area (Å²) in [5.41, 5.74) is 3.53. The first kappa shape index (κ1) is 22.6. The van der Waals surface area contributed by atoms with Gasteiger partial charge in [-0.1, -0.05) is 18.2 Å². The molecule has 2 aliphatic rings. The summed E-state index contributed by atoms with van der Waals surface area (Å²) in [6.07, 6.45) is 1.52. The number of aromatic nitrogens is 3. The van der Waals surface area contributed by atoms with Gasteiger partial charge in [0.1, 0.15) is 11.9 Å². The molecule has 1 aliphatic carbocycles. The SMILES string of the molecule is O=C(O)C(F)(F)F.O=C(O)C1CCCc2nn(Cc3ccc4c(c3)CCCC4)c(=O)n21. The number of carboxylic acid groups (broad SMARTS) is 2. The van der Waals surface area contributed by atoms with Gasteiger partial charge in [-0.15, -0.1) is 0 Å². The van der Waals surface area contributed by atoms with E-state index in [4.69, 9.17) is 9.90 Å². The van der Waals surface area contributed by atoms with Gasteiger partial charge in [-0.3, -0.25) is 4.57 Å². The van der Waals surface area contributed by atoms with Crippen LogP contribution in [0.4, 0.5) is 13.2 Å². The maximum absolute atomic E-state index is 12.6. The van der Waals surface area contributed by atoms with Crippen LogP contribution in [0.2, 0.25) is 0 Å². The van der Waals surface area contributed by atoms with Crippen LogP contribution in [0.1, 0.15) is 54.2 Å². The number of benzene rings is 1. The second kappa shape index (κ2) is 8.94. The average molecular weight is 441 g/mol. The van der Waals surface area contributed by atoms with Crippen LogP contribution in [-0.2, 0) is 35.4 Å². The largest absolute Gasteiger partial charge is 0.490 e. The van der Waals surface area contributed by atoms with Gasteiger partial charge in [0.25, 0.3) is 0 Å². The van der Waals surface area contributed by atoms with E-state index in [1.807, 2.05) is 0 Å². The normalized spacial score (nSPS) is 17.7. The zero-order valence-corrected chi connectivity index (χ0v) is 16.6. The number of halogens is 3. The summed E-state index contributed by atoms with van der Waals surface area (Å²) in [5.74, 6) is -3.12. The van der Waals surface area contributed by atoms with Gasteiger partial charge in [0.2, 0.25) is 0 Å². The van der Waals surface area contributed by atoms with Gasteiger partial charge in [-0.2, -0.15) is 18.3 Å². The highest BCUT2D eigenvalue weighted by Gasteiger charge is 2.38. The Morgan fingerprint density at radius 3 is 2.32 bits per heavy atom. The summed E-state index contributed by atoms with van der Waals surface area (Å²) in [4.78, 5) is 32.9. The highest BCUT2D eigenvalue weighted by atomic mass is 19.4. The first-order valence-corrected chi connectivity index (χ1v) is 9.89. The lowest BCUT2D eigenvalue weighted by Crippen LogP contribution is -2.34. The number of carbonyl (C=O) groups is 2. The van der Waals surface area contributed by atoms with E-state index in [-0.39, 0.29) is 5.69 Å². The summed E-state index contributed by atoms with van der Waals surface area (Å²) in [7, 11) is 0. The molecule has 1 aromatic carbocycles. The number of aryl methyl sites for hydroxylation is 3. The lowest BCUT2D eigenvalue weighted by atomic mass is 9.90. The molecule has 0 bridgehead atoms. The van der Waals surface area contributed by atoms with Crippen LogP contribution < -0.4 is 5.69 Å². The Kier molecular flexibility index (Phi) is 6.51. The van der Waals surface area contributed by atoms with E-state index >= 15 is 0 Å². The first-order valence-electron chi connectivity index (χ1n) is 9.89. The predicted molar refractivity (Wildman–Crippen MR) is 102 cm³/mol. The summed E-state index contributed by atoms with van der Waals surface area (Å²) in [6.45, 7) is 0.401. The molecular formula is C20H22F3N3O5. The van der Waals surface area contributed by atoms with Crippen molar-refractivity contribution < 1.29 is 33.0 Å². The minimum atomic E-state index is -5.08. The average Bonchev–Trinajstić information content (AvgIpc) is 3.03. The molecule has 1 aliphatic heterocycles. The zero-order chi connectivity index (χ0) is 22.8. The lowest BCUT2D eigenvalue weighted by Gasteiger charge is -2.19. The van der Waals surface area contributed by atoms with Crippen molar-refractivity contribution in [1.29, 1.82) is 0 Å². The van der Waals surface area contributed by atoms with Gasteiger partial charge in [0.15, 0.2) is 0 Å². The second-order valence-electron chi connectivity index (χ2n) is 7.59. The Balaban J connectivity index is 0.000000339. The van der Waals surface area contributed by atoms with Crippen molar-refractivity contribution in [2.45, 2.75) is 63.7 Å². The van der Waals surface area contributed by atoms with Crippen LogP contribution in [0.3, 0.4) is 0 Å². The molecule has 1 unspecified atom stereocenters. The molecule has 8 nitrogen and oxygen atoms in total. The fourth-order valence-corrected chi connectivity index (χ4v) is 3.93. The van der Waals surface area contributed by atoms with Crippen molar-refractivity contribution in [2.24, 2.45) is 0 Å². The Labute approximate surface area is 174 Å². The standard InChI is InChI=1S/C18H21N3O3.C2HF3O2/c22-17(23)15-6-3-7-16-19-20(18(24)21(15)16)11-12-8-9-13-4-1-2-5-14(13)10-12;3-2(4,5)1(6)7/h8-10,15H,1-7,11H2,(H,22,23);(H,6,7). The van der Waals surface area contributed by atoms with Crippen molar-refractivity contribution in [1.82, 2.24) is 14.3 Å². The molecule has 1 atom stereocenters. The van der Waals surface area contributed by atoms with Crippen molar-refractivity contribution in [2.75, 3.05) is 0 Å². The Bertz CT molecular complexity index is 1040. The maximum atomic E-state index is 12.6. The number of hydrogen-bond donors (Lipinski definition) is 2. The molecule has 4 rings (SSSR count). The number of carboxylic acids is 2. The molecule has 2 aromatic rings. The molecule has 1 aromatic heterocycles. The topological polar surface area (TPSA) is 114 Å². The van der Waals surface area contributed by atoms with E-state index < -0.39 is 24.2 Å². The molecule has 0 amide bonds. The van der Waals surface area contributed by atoms with E-state index in [1.165, 1.54) is 33.2 Å². The monoisotopic (exact) mass is 441 g/mol. The highest BCUT2D eigenvalue weighted by Crippen LogP contribution is 2.24. The quantitative estimate of drug-likeness (QED) is 0.757. The number of hydrogen-bond acceptors (Lipinski definition) is 4. The summed E-state index contributed by atoms with van der Waals surface area (Å²) in [6, 6.07) is 5.61. The van der Waals surface area contributed by atoms with E-state index in [0.717, 1.165) is 24.8 Å². The smallest absolute Gasteiger partial charge is 0.480 e. The van der Waals surface area contributed by atoms with Crippen LogP contribution in [0.15, 0.2) is 23.0 Å².